The standard InChI is InChI=1S/C14H10Br2N2/c15-14-13(8-18(16)9-17-14)12-7-3-5-10-4-1-2-6-11(10)12/h1-8H,9H2. The summed E-state index contributed by atoms with van der Waals surface area (Å²) in [4.78, 5) is 4.42. The second-order valence-corrected chi connectivity index (χ2v) is 5.72. The van der Waals surface area contributed by atoms with Gasteiger partial charge < -0.3 is 0 Å². The van der Waals surface area contributed by atoms with Gasteiger partial charge in [-0.05, 0) is 32.3 Å². The Morgan fingerprint density at radius 2 is 1.83 bits per heavy atom. The van der Waals surface area contributed by atoms with Crippen molar-refractivity contribution in [1.82, 2.24) is 3.93 Å². The van der Waals surface area contributed by atoms with E-state index in [1.54, 1.807) is 0 Å². The highest BCUT2D eigenvalue weighted by molar-refractivity contribution is 9.18. The molecule has 0 amide bonds. The van der Waals surface area contributed by atoms with Crippen LogP contribution in [0.2, 0.25) is 0 Å². The highest BCUT2D eigenvalue weighted by atomic mass is 79.9. The van der Waals surface area contributed by atoms with Crippen molar-refractivity contribution in [3.63, 3.8) is 0 Å². The molecular formula is C14H10Br2N2. The zero-order chi connectivity index (χ0) is 12.5. The Kier molecular flexibility index (Phi) is 3.22. The largest absolute Gasteiger partial charge is 0.294 e. The van der Waals surface area contributed by atoms with E-state index < -0.39 is 0 Å². The van der Waals surface area contributed by atoms with Gasteiger partial charge in [0.15, 0.2) is 0 Å². The summed E-state index contributed by atoms with van der Waals surface area (Å²) in [6.45, 7) is 0.620. The Balaban J connectivity index is 2.23. The summed E-state index contributed by atoms with van der Waals surface area (Å²) in [5, 5.41) is 2.48. The van der Waals surface area contributed by atoms with Gasteiger partial charge in [0.05, 0.1) is 16.1 Å². The maximum absolute atomic E-state index is 4.42. The van der Waals surface area contributed by atoms with Crippen LogP contribution in [0.1, 0.15) is 5.56 Å². The van der Waals surface area contributed by atoms with Gasteiger partial charge in [-0.2, -0.15) is 0 Å². The van der Waals surface area contributed by atoms with Crippen LogP contribution in [-0.4, -0.2) is 15.2 Å². The van der Waals surface area contributed by atoms with E-state index in [9.17, 15) is 0 Å². The molecule has 2 aromatic rings. The Morgan fingerprint density at radius 1 is 1.06 bits per heavy atom. The molecule has 1 aliphatic heterocycles. The van der Waals surface area contributed by atoms with E-state index in [1.165, 1.54) is 16.3 Å². The predicted molar refractivity (Wildman–Crippen MR) is 83.9 cm³/mol. The first-order valence-corrected chi connectivity index (χ1v) is 7.08. The van der Waals surface area contributed by atoms with Crippen LogP contribution in [0, 0.1) is 0 Å². The Hall–Kier alpha value is -1.13. The summed E-state index contributed by atoms with van der Waals surface area (Å²) >= 11 is 6.99. The van der Waals surface area contributed by atoms with E-state index in [2.05, 4.69) is 85.7 Å². The van der Waals surface area contributed by atoms with E-state index in [4.69, 9.17) is 0 Å². The Labute approximate surface area is 122 Å². The van der Waals surface area contributed by atoms with Crippen LogP contribution in [0.5, 0.6) is 0 Å². The molecule has 2 aromatic carbocycles. The summed E-state index contributed by atoms with van der Waals surface area (Å²) in [5.41, 5.74) is 2.28. The first-order chi connectivity index (χ1) is 8.75. The zero-order valence-corrected chi connectivity index (χ0v) is 12.6. The van der Waals surface area contributed by atoms with Crippen LogP contribution in [0.15, 0.2) is 53.7 Å². The molecule has 0 aromatic heterocycles. The Morgan fingerprint density at radius 3 is 2.72 bits per heavy atom. The first kappa shape index (κ1) is 11.9. The van der Waals surface area contributed by atoms with Crippen molar-refractivity contribution in [2.45, 2.75) is 0 Å². The fraction of sp³-hybridized carbons (Fsp3) is 0.0714. The van der Waals surface area contributed by atoms with E-state index in [1.807, 2.05) is 3.93 Å². The molecule has 0 N–H and O–H groups in total. The number of nitrogens with zero attached hydrogens (tertiary/aromatic N) is 2. The number of rotatable bonds is 1. The third-order valence-corrected chi connectivity index (χ3v) is 4.02. The molecule has 90 valence electrons. The molecule has 3 rings (SSSR count). The molecule has 4 heteroatoms. The monoisotopic (exact) mass is 364 g/mol. The molecule has 0 bridgehead atoms. The minimum Gasteiger partial charge on any atom is -0.294 e. The van der Waals surface area contributed by atoms with E-state index in [0.29, 0.717) is 6.67 Å². The summed E-state index contributed by atoms with van der Waals surface area (Å²) in [5.74, 6) is 0. The van der Waals surface area contributed by atoms with Gasteiger partial charge in [-0.15, -0.1) is 0 Å². The smallest absolute Gasteiger partial charge is 0.121 e. The van der Waals surface area contributed by atoms with Crippen molar-refractivity contribution in [2.75, 3.05) is 6.67 Å². The molecule has 0 fully saturated rings. The molecule has 2 nitrogen and oxygen atoms in total. The zero-order valence-electron chi connectivity index (χ0n) is 9.48. The summed E-state index contributed by atoms with van der Waals surface area (Å²) in [6.07, 6.45) is 2.05. The van der Waals surface area contributed by atoms with Gasteiger partial charge in [0, 0.05) is 11.8 Å². The van der Waals surface area contributed by atoms with E-state index in [0.717, 1.165) is 10.2 Å². The fourth-order valence-corrected chi connectivity index (χ4v) is 2.83. The number of hydrogen-bond donors (Lipinski definition) is 0. The number of halogens is 2. The average molecular weight is 366 g/mol. The van der Waals surface area contributed by atoms with Gasteiger partial charge in [-0.3, -0.25) is 8.92 Å². The minimum absolute atomic E-state index is 0.620. The summed E-state index contributed by atoms with van der Waals surface area (Å²) in [7, 11) is 0. The molecule has 1 heterocycles. The van der Waals surface area contributed by atoms with Crippen LogP contribution < -0.4 is 0 Å². The maximum Gasteiger partial charge on any atom is 0.121 e. The summed E-state index contributed by atoms with van der Waals surface area (Å²) < 4.78 is 2.80. The van der Waals surface area contributed by atoms with E-state index in [-0.39, 0.29) is 0 Å². The van der Waals surface area contributed by atoms with Crippen molar-refractivity contribution in [1.29, 1.82) is 0 Å². The van der Waals surface area contributed by atoms with Gasteiger partial charge >= 0.3 is 0 Å². The SMILES string of the molecule is BrC1=NCN(Br)C=C1c1cccc2ccccc12. The second kappa shape index (κ2) is 4.86. The molecule has 1 aliphatic rings. The molecule has 0 atom stereocenters. The highest BCUT2D eigenvalue weighted by Gasteiger charge is 2.15. The number of benzene rings is 2. The summed E-state index contributed by atoms with van der Waals surface area (Å²) in [6, 6.07) is 14.7. The van der Waals surface area contributed by atoms with Crippen molar-refractivity contribution >= 4 is 53.0 Å². The molecule has 0 saturated heterocycles. The van der Waals surface area contributed by atoms with Crippen LogP contribution in [-0.2, 0) is 0 Å². The van der Waals surface area contributed by atoms with Crippen molar-refractivity contribution in [2.24, 2.45) is 4.99 Å². The molecule has 18 heavy (non-hydrogen) atoms. The quantitative estimate of drug-likeness (QED) is 0.676. The molecule has 0 aliphatic carbocycles. The third-order valence-electron chi connectivity index (χ3n) is 2.92. The van der Waals surface area contributed by atoms with Crippen LogP contribution >= 0.6 is 32.1 Å². The lowest BCUT2D eigenvalue weighted by atomic mass is 9.99. The van der Waals surface area contributed by atoms with Crippen LogP contribution in [0.3, 0.4) is 0 Å². The Bertz CT molecular complexity index is 656. The maximum atomic E-state index is 4.42. The van der Waals surface area contributed by atoms with Crippen LogP contribution in [0.4, 0.5) is 0 Å². The van der Waals surface area contributed by atoms with Gasteiger partial charge in [-0.1, -0.05) is 42.5 Å². The molecule has 0 unspecified atom stereocenters. The first-order valence-electron chi connectivity index (χ1n) is 5.58. The third kappa shape index (κ3) is 2.10. The lowest BCUT2D eigenvalue weighted by Gasteiger charge is -2.19. The second-order valence-electron chi connectivity index (χ2n) is 4.06. The van der Waals surface area contributed by atoms with Gasteiger partial charge in [0.25, 0.3) is 0 Å². The van der Waals surface area contributed by atoms with Crippen molar-refractivity contribution in [3.05, 3.63) is 54.2 Å². The van der Waals surface area contributed by atoms with Gasteiger partial charge in [0.2, 0.25) is 0 Å². The van der Waals surface area contributed by atoms with Crippen LogP contribution in [0.25, 0.3) is 16.3 Å². The lowest BCUT2D eigenvalue weighted by molar-refractivity contribution is 0.660. The van der Waals surface area contributed by atoms with E-state index >= 15 is 0 Å². The average Bonchev–Trinajstić information content (AvgIpc) is 2.41. The lowest BCUT2D eigenvalue weighted by Crippen LogP contribution is -2.13. The topological polar surface area (TPSA) is 15.6 Å². The van der Waals surface area contributed by atoms with Gasteiger partial charge in [-0.25, -0.2) is 0 Å². The number of allylic oxidation sites excluding steroid dienone is 1. The minimum atomic E-state index is 0.620. The molecule has 0 spiro atoms. The molecule has 0 radical (unpaired) electrons. The number of hydrogen-bond acceptors (Lipinski definition) is 2. The highest BCUT2D eigenvalue weighted by Crippen LogP contribution is 2.30. The molecule has 0 saturated carbocycles. The van der Waals surface area contributed by atoms with Gasteiger partial charge in [0.1, 0.15) is 11.3 Å². The fourth-order valence-electron chi connectivity index (χ4n) is 2.09. The number of aliphatic imine (C=N–C) groups is 1. The van der Waals surface area contributed by atoms with Crippen molar-refractivity contribution in [3.8, 4) is 0 Å². The van der Waals surface area contributed by atoms with Crippen molar-refractivity contribution < 1.29 is 0 Å². The normalized spacial score (nSPS) is 15.6. The predicted octanol–water partition coefficient (Wildman–Crippen LogP) is 4.56. The number of fused-ring (bicyclic) bond motifs is 1. The molecular weight excluding hydrogens is 356 g/mol.